The SMILES string of the molecule is NC(=O)NC1CCN(C(=O)NCCC2CCCCO2)CC1. The minimum Gasteiger partial charge on any atom is -0.378 e. The largest absolute Gasteiger partial charge is 0.378 e. The molecule has 7 heteroatoms. The maximum absolute atomic E-state index is 12.0. The van der Waals surface area contributed by atoms with Crippen LogP contribution in [-0.2, 0) is 4.74 Å². The topological polar surface area (TPSA) is 96.7 Å². The van der Waals surface area contributed by atoms with Gasteiger partial charge < -0.3 is 26.0 Å². The number of amides is 4. The lowest BCUT2D eigenvalue weighted by Crippen LogP contribution is -2.50. The summed E-state index contributed by atoms with van der Waals surface area (Å²) in [5, 5.41) is 5.64. The van der Waals surface area contributed by atoms with Crippen molar-refractivity contribution >= 4 is 12.1 Å². The first-order valence-corrected chi connectivity index (χ1v) is 7.85. The van der Waals surface area contributed by atoms with E-state index in [4.69, 9.17) is 10.5 Å². The van der Waals surface area contributed by atoms with Crippen LogP contribution in [-0.4, -0.2) is 55.3 Å². The molecule has 0 aliphatic carbocycles. The highest BCUT2D eigenvalue weighted by atomic mass is 16.5. The van der Waals surface area contributed by atoms with Crippen LogP contribution in [0.4, 0.5) is 9.59 Å². The van der Waals surface area contributed by atoms with Crippen molar-refractivity contribution in [1.29, 1.82) is 0 Å². The third kappa shape index (κ3) is 5.41. The number of urea groups is 2. The lowest BCUT2D eigenvalue weighted by atomic mass is 10.1. The summed E-state index contributed by atoms with van der Waals surface area (Å²) in [5.74, 6) is 0. The number of hydrogen-bond acceptors (Lipinski definition) is 3. The second-order valence-corrected chi connectivity index (χ2v) is 5.78. The van der Waals surface area contributed by atoms with Crippen LogP contribution in [0.1, 0.15) is 38.5 Å². The zero-order valence-corrected chi connectivity index (χ0v) is 12.5. The van der Waals surface area contributed by atoms with E-state index in [0.29, 0.717) is 25.7 Å². The molecule has 2 rings (SSSR count). The quantitative estimate of drug-likeness (QED) is 0.716. The summed E-state index contributed by atoms with van der Waals surface area (Å²) >= 11 is 0. The molecule has 4 N–H and O–H groups in total. The Kier molecular flexibility index (Phi) is 6.10. The van der Waals surface area contributed by atoms with Crippen molar-refractivity contribution in [1.82, 2.24) is 15.5 Å². The number of rotatable bonds is 4. The maximum Gasteiger partial charge on any atom is 0.317 e. The molecule has 4 amide bonds. The molecule has 2 heterocycles. The van der Waals surface area contributed by atoms with Gasteiger partial charge in [0.2, 0.25) is 0 Å². The van der Waals surface area contributed by atoms with E-state index in [9.17, 15) is 9.59 Å². The number of nitrogens with two attached hydrogens (primary N) is 1. The Morgan fingerprint density at radius 2 is 1.95 bits per heavy atom. The van der Waals surface area contributed by atoms with Crippen LogP contribution >= 0.6 is 0 Å². The Morgan fingerprint density at radius 3 is 2.57 bits per heavy atom. The average Bonchev–Trinajstić information content (AvgIpc) is 2.48. The van der Waals surface area contributed by atoms with Crippen LogP contribution in [0.3, 0.4) is 0 Å². The first-order chi connectivity index (χ1) is 10.1. The fourth-order valence-corrected chi connectivity index (χ4v) is 2.92. The van der Waals surface area contributed by atoms with Crippen molar-refractivity contribution in [3.05, 3.63) is 0 Å². The molecule has 7 nitrogen and oxygen atoms in total. The van der Waals surface area contributed by atoms with E-state index in [1.165, 1.54) is 6.42 Å². The minimum atomic E-state index is -0.495. The number of nitrogens with one attached hydrogen (secondary N) is 2. The fourth-order valence-electron chi connectivity index (χ4n) is 2.92. The average molecular weight is 298 g/mol. The smallest absolute Gasteiger partial charge is 0.317 e. The van der Waals surface area contributed by atoms with E-state index < -0.39 is 6.03 Å². The second kappa shape index (κ2) is 8.07. The van der Waals surface area contributed by atoms with Crippen molar-refractivity contribution in [3.8, 4) is 0 Å². The summed E-state index contributed by atoms with van der Waals surface area (Å²) in [5.41, 5.74) is 5.10. The van der Waals surface area contributed by atoms with Gasteiger partial charge in [0.25, 0.3) is 0 Å². The monoisotopic (exact) mass is 298 g/mol. The van der Waals surface area contributed by atoms with Crippen molar-refractivity contribution in [2.24, 2.45) is 5.73 Å². The van der Waals surface area contributed by atoms with Gasteiger partial charge in [-0.1, -0.05) is 0 Å². The number of nitrogens with zero attached hydrogens (tertiary/aromatic N) is 1. The van der Waals surface area contributed by atoms with Crippen molar-refractivity contribution in [2.75, 3.05) is 26.2 Å². The number of piperidine rings is 1. The van der Waals surface area contributed by atoms with Gasteiger partial charge >= 0.3 is 12.1 Å². The fraction of sp³-hybridized carbons (Fsp3) is 0.857. The van der Waals surface area contributed by atoms with Gasteiger partial charge in [-0.2, -0.15) is 0 Å². The summed E-state index contributed by atoms with van der Waals surface area (Å²) in [6.45, 7) is 2.80. The molecular formula is C14H26N4O3. The third-order valence-corrected chi connectivity index (χ3v) is 4.15. The van der Waals surface area contributed by atoms with E-state index in [1.807, 2.05) is 0 Å². The van der Waals surface area contributed by atoms with Gasteiger partial charge in [0.1, 0.15) is 0 Å². The molecule has 21 heavy (non-hydrogen) atoms. The molecule has 2 aliphatic rings. The van der Waals surface area contributed by atoms with Crippen molar-refractivity contribution in [2.45, 2.75) is 50.7 Å². The lowest BCUT2D eigenvalue weighted by Gasteiger charge is -2.32. The van der Waals surface area contributed by atoms with Crippen LogP contribution in [0, 0.1) is 0 Å². The molecule has 120 valence electrons. The number of likely N-dealkylation sites (tertiary alicyclic amines) is 1. The van der Waals surface area contributed by atoms with Gasteiger partial charge in [-0.3, -0.25) is 0 Å². The molecule has 1 unspecified atom stereocenters. The number of carbonyl (C=O) groups is 2. The highest BCUT2D eigenvalue weighted by molar-refractivity contribution is 5.74. The number of hydrogen-bond donors (Lipinski definition) is 3. The van der Waals surface area contributed by atoms with Crippen LogP contribution in [0.25, 0.3) is 0 Å². The van der Waals surface area contributed by atoms with E-state index in [0.717, 1.165) is 38.7 Å². The number of ether oxygens (including phenoxy) is 1. The van der Waals surface area contributed by atoms with Crippen LogP contribution in [0.15, 0.2) is 0 Å². The summed E-state index contributed by atoms with van der Waals surface area (Å²) < 4.78 is 5.64. The zero-order valence-electron chi connectivity index (χ0n) is 12.5. The standard InChI is InChI=1S/C14H26N4O3/c15-13(19)17-11-5-8-18(9-6-11)14(20)16-7-4-12-3-1-2-10-21-12/h11-12H,1-10H2,(H,16,20)(H3,15,17,19). The first-order valence-electron chi connectivity index (χ1n) is 7.85. The van der Waals surface area contributed by atoms with Gasteiger partial charge in [-0.15, -0.1) is 0 Å². The van der Waals surface area contributed by atoms with Crippen molar-refractivity contribution in [3.63, 3.8) is 0 Å². The zero-order chi connectivity index (χ0) is 15.1. The molecule has 2 aliphatic heterocycles. The molecule has 1 atom stereocenters. The van der Waals surface area contributed by atoms with Gasteiger partial charge in [0, 0.05) is 32.3 Å². The molecule has 0 aromatic heterocycles. The molecule has 2 saturated heterocycles. The Labute approximate surface area is 125 Å². The lowest BCUT2D eigenvalue weighted by molar-refractivity contribution is 0.0118. The van der Waals surface area contributed by atoms with Crippen LogP contribution in [0.5, 0.6) is 0 Å². The number of carbonyl (C=O) groups excluding carboxylic acids is 2. The Hall–Kier alpha value is -1.50. The summed E-state index contributed by atoms with van der Waals surface area (Å²) in [6.07, 6.45) is 6.15. The maximum atomic E-state index is 12.0. The molecule has 0 radical (unpaired) electrons. The second-order valence-electron chi connectivity index (χ2n) is 5.78. The Balaban J connectivity index is 1.59. The van der Waals surface area contributed by atoms with E-state index in [1.54, 1.807) is 4.90 Å². The van der Waals surface area contributed by atoms with E-state index in [-0.39, 0.29) is 12.1 Å². The molecule has 0 spiro atoms. The third-order valence-electron chi connectivity index (χ3n) is 4.15. The predicted octanol–water partition coefficient (Wildman–Crippen LogP) is 0.788. The minimum absolute atomic E-state index is 0.0247. The first kappa shape index (κ1) is 15.9. The molecule has 2 fully saturated rings. The summed E-state index contributed by atoms with van der Waals surface area (Å²) in [7, 11) is 0. The van der Waals surface area contributed by atoms with Crippen molar-refractivity contribution < 1.29 is 14.3 Å². The van der Waals surface area contributed by atoms with Gasteiger partial charge in [0.05, 0.1) is 6.10 Å². The molecule has 0 aromatic carbocycles. The Bertz CT molecular complexity index is 350. The molecule has 0 saturated carbocycles. The molecule has 0 aromatic rings. The molecule has 0 bridgehead atoms. The highest BCUT2D eigenvalue weighted by Crippen LogP contribution is 2.15. The molecular weight excluding hydrogens is 272 g/mol. The van der Waals surface area contributed by atoms with Gasteiger partial charge in [0.15, 0.2) is 0 Å². The summed E-state index contributed by atoms with van der Waals surface area (Å²) in [6, 6.07) is -0.434. The van der Waals surface area contributed by atoms with Gasteiger partial charge in [-0.25, -0.2) is 9.59 Å². The predicted molar refractivity (Wildman–Crippen MR) is 78.9 cm³/mol. The Morgan fingerprint density at radius 1 is 1.19 bits per heavy atom. The van der Waals surface area contributed by atoms with Gasteiger partial charge in [-0.05, 0) is 38.5 Å². The van der Waals surface area contributed by atoms with Crippen LogP contribution in [0.2, 0.25) is 0 Å². The number of primary amides is 1. The highest BCUT2D eigenvalue weighted by Gasteiger charge is 2.23. The normalized spacial score (nSPS) is 23.6. The van der Waals surface area contributed by atoms with E-state index in [2.05, 4.69) is 10.6 Å². The summed E-state index contributed by atoms with van der Waals surface area (Å²) in [4.78, 5) is 24.6. The van der Waals surface area contributed by atoms with Crippen LogP contribution < -0.4 is 16.4 Å². The van der Waals surface area contributed by atoms with E-state index >= 15 is 0 Å².